The quantitative estimate of drug-likeness (QED) is 0.915. The number of ether oxygens (including phenoxy) is 1. The zero-order valence-corrected chi connectivity index (χ0v) is 14.7. The smallest absolute Gasteiger partial charge is 0.142 e. The fraction of sp³-hybridized carbons (Fsp3) is 0.474. The molecular formula is C19H25N5O. The lowest BCUT2D eigenvalue weighted by Gasteiger charge is -2.38. The summed E-state index contributed by atoms with van der Waals surface area (Å²) in [6, 6.07) is 8.25. The lowest BCUT2D eigenvalue weighted by atomic mass is 10.1. The summed E-state index contributed by atoms with van der Waals surface area (Å²) in [6.45, 7) is 5.89. The van der Waals surface area contributed by atoms with Gasteiger partial charge in [0, 0.05) is 44.7 Å². The van der Waals surface area contributed by atoms with Crippen molar-refractivity contribution in [3.05, 3.63) is 41.9 Å². The third-order valence-electron chi connectivity index (χ3n) is 5.11. The molecule has 25 heavy (non-hydrogen) atoms. The van der Waals surface area contributed by atoms with Crippen LogP contribution in [-0.2, 0) is 12.8 Å². The van der Waals surface area contributed by atoms with Crippen LogP contribution in [0.5, 0.6) is 5.75 Å². The van der Waals surface area contributed by atoms with E-state index in [1.165, 1.54) is 16.9 Å². The molecular weight excluding hydrogens is 314 g/mol. The first kappa shape index (κ1) is 16.1. The van der Waals surface area contributed by atoms with E-state index in [-0.39, 0.29) is 0 Å². The van der Waals surface area contributed by atoms with Crippen molar-refractivity contribution >= 4 is 11.5 Å². The first-order chi connectivity index (χ1) is 12.4. The average Bonchev–Trinajstić information content (AvgIpc) is 2.93. The van der Waals surface area contributed by atoms with Crippen molar-refractivity contribution in [1.29, 1.82) is 0 Å². The molecule has 0 spiro atoms. The van der Waals surface area contributed by atoms with E-state index in [0.717, 1.165) is 63.7 Å². The van der Waals surface area contributed by atoms with E-state index in [4.69, 9.17) is 4.74 Å². The predicted octanol–water partition coefficient (Wildman–Crippen LogP) is 1.50. The maximum atomic E-state index is 5.52. The lowest BCUT2D eigenvalue weighted by molar-refractivity contribution is 0.413. The molecule has 1 saturated heterocycles. The Labute approximate surface area is 148 Å². The molecule has 6 nitrogen and oxygen atoms in total. The second kappa shape index (κ2) is 7.27. The zero-order valence-electron chi connectivity index (χ0n) is 14.7. The monoisotopic (exact) mass is 339 g/mol. The summed E-state index contributed by atoms with van der Waals surface area (Å²) >= 11 is 0. The molecule has 6 heteroatoms. The van der Waals surface area contributed by atoms with Crippen LogP contribution >= 0.6 is 0 Å². The van der Waals surface area contributed by atoms with E-state index < -0.39 is 0 Å². The summed E-state index contributed by atoms with van der Waals surface area (Å²) < 4.78 is 5.52. The van der Waals surface area contributed by atoms with Crippen LogP contribution in [0.25, 0.3) is 0 Å². The number of para-hydroxylation sites is 2. The van der Waals surface area contributed by atoms with Crippen LogP contribution < -0.4 is 19.9 Å². The number of hydrogen-bond donors (Lipinski definition) is 1. The minimum atomic E-state index is 0.943. The molecule has 132 valence electrons. The number of methoxy groups -OCH3 is 1. The van der Waals surface area contributed by atoms with Crippen molar-refractivity contribution in [2.75, 3.05) is 56.2 Å². The molecule has 0 saturated carbocycles. The summed E-state index contributed by atoms with van der Waals surface area (Å²) in [7, 11) is 1.74. The van der Waals surface area contributed by atoms with Crippen LogP contribution in [0.1, 0.15) is 11.3 Å². The number of aromatic nitrogens is 2. The molecule has 2 aliphatic heterocycles. The Kier molecular flexibility index (Phi) is 4.70. The molecule has 2 aliphatic rings. The predicted molar refractivity (Wildman–Crippen MR) is 99.7 cm³/mol. The fourth-order valence-corrected chi connectivity index (χ4v) is 3.78. The van der Waals surface area contributed by atoms with Crippen molar-refractivity contribution in [2.24, 2.45) is 0 Å². The fourth-order valence-electron chi connectivity index (χ4n) is 3.78. The lowest BCUT2D eigenvalue weighted by Crippen LogP contribution is -2.47. The van der Waals surface area contributed by atoms with E-state index in [0.29, 0.717) is 0 Å². The highest BCUT2D eigenvalue weighted by Crippen LogP contribution is 2.30. The standard InChI is InChI=1S/C19H25N5O/c1-25-18-5-3-2-4-17(18)23-10-12-24(13-11-23)19-15-6-8-20-9-7-16(15)21-14-22-19/h2-5,14,20H,6-13H2,1H3. The van der Waals surface area contributed by atoms with E-state index in [9.17, 15) is 0 Å². The van der Waals surface area contributed by atoms with Crippen molar-refractivity contribution < 1.29 is 4.74 Å². The Morgan fingerprint density at radius 1 is 0.960 bits per heavy atom. The Hall–Kier alpha value is -2.34. The van der Waals surface area contributed by atoms with E-state index in [2.05, 4.69) is 37.2 Å². The molecule has 1 aromatic carbocycles. The van der Waals surface area contributed by atoms with Crippen LogP contribution in [-0.4, -0.2) is 56.3 Å². The third-order valence-corrected chi connectivity index (χ3v) is 5.11. The summed E-state index contributed by atoms with van der Waals surface area (Å²) in [6.07, 6.45) is 3.73. The van der Waals surface area contributed by atoms with Crippen molar-refractivity contribution in [1.82, 2.24) is 15.3 Å². The van der Waals surface area contributed by atoms with Crippen LogP contribution in [0.4, 0.5) is 11.5 Å². The number of anilines is 2. The number of hydrogen-bond acceptors (Lipinski definition) is 6. The van der Waals surface area contributed by atoms with Gasteiger partial charge in [0.1, 0.15) is 17.9 Å². The normalized spacial score (nSPS) is 17.8. The van der Waals surface area contributed by atoms with Gasteiger partial charge in [-0.2, -0.15) is 0 Å². The first-order valence-electron chi connectivity index (χ1n) is 9.03. The Balaban J connectivity index is 1.51. The van der Waals surface area contributed by atoms with Gasteiger partial charge >= 0.3 is 0 Å². The van der Waals surface area contributed by atoms with Crippen LogP contribution in [0, 0.1) is 0 Å². The summed E-state index contributed by atoms with van der Waals surface area (Å²) in [4.78, 5) is 14.0. The van der Waals surface area contributed by atoms with Crippen LogP contribution in [0.15, 0.2) is 30.6 Å². The van der Waals surface area contributed by atoms with Crippen molar-refractivity contribution in [2.45, 2.75) is 12.8 Å². The molecule has 1 N–H and O–H groups in total. The summed E-state index contributed by atoms with van der Waals surface area (Å²) in [5.74, 6) is 2.08. The van der Waals surface area contributed by atoms with Crippen molar-refractivity contribution in [3.8, 4) is 5.75 Å². The van der Waals surface area contributed by atoms with Crippen molar-refractivity contribution in [3.63, 3.8) is 0 Å². The van der Waals surface area contributed by atoms with Crippen LogP contribution in [0.3, 0.4) is 0 Å². The SMILES string of the molecule is COc1ccccc1N1CCN(c2ncnc3c2CCNCC3)CC1. The van der Waals surface area contributed by atoms with Crippen LogP contribution in [0.2, 0.25) is 0 Å². The van der Waals surface area contributed by atoms with Gasteiger partial charge in [0.2, 0.25) is 0 Å². The molecule has 1 fully saturated rings. The number of fused-ring (bicyclic) bond motifs is 1. The molecule has 0 bridgehead atoms. The molecule has 3 heterocycles. The molecule has 4 rings (SSSR count). The minimum absolute atomic E-state index is 0.943. The second-order valence-corrected chi connectivity index (χ2v) is 6.52. The summed E-state index contributed by atoms with van der Waals surface area (Å²) in [5, 5.41) is 3.46. The van der Waals surface area contributed by atoms with Gasteiger partial charge in [-0.25, -0.2) is 9.97 Å². The number of benzene rings is 1. The molecule has 2 aromatic rings. The van der Waals surface area contributed by atoms with Gasteiger partial charge in [-0.1, -0.05) is 12.1 Å². The molecule has 0 aliphatic carbocycles. The molecule has 0 unspecified atom stereocenters. The number of nitrogens with one attached hydrogen (secondary N) is 1. The van der Waals surface area contributed by atoms with Gasteiger partial charge in [0.05, 0.1) is 18.5 Å². The molecule has 1 aromatic heterocycles. The Morgan fingerprint density at radius 2 is 1.72 bits per heavy atom. The highest BCUT2D eigenvalue weighted by atomic mass is 16.5. The number of nitrogens with zero attached hydrogens (tertiary/aromatic N) is 4. The Bertz CT molecular complexity index is 728. The summed E-state index contributed by atoms with van der Waals surface area (Å²) in [5.41, 5.74) is 3.72. The molecule has 0 radical (unpaired) electrons. The van der Waals surface area contributed by atoms with Gasteiger partial charge in [-0.3, -0.25) is 0 Å². The maximum Gasteiger partial charge on any atom is 0.142 e. The first-order valence-corrected chi connectivity index (χ1v) is 9.03. The minimum Gasteiger partial charge on any atom is -0.495 e. The third kappa shape index (κ3) is 3.26. The van der Waals surface area contributed by atoms with Gasteiger partial charge in [0.25, 0.3) is 0 Å². The highest BCUT2D eigenvalue weighted by Gasteiger charge is 2.24. The van der Waals surface area contributed by atoms with E-state index >= 15 is 0 Å². The van der Waals surface area contributed by atoms with Gasteiger partial charge in [-0.05, 0) is 25.1 Å². The second-order valence-electron chi connectivity index (χ2n) is 6.52. The molecule has 0 amide bonds. The highest BCUT2D eigenvalue weighted by molar-refractivity contribution is 5.60. The van der Waals surface area contributed by atoms with E-state index in [1.54, 1.807) is 13.4 Å². The van der Waals surface area contributed by atoms with Gasteiger partial charge in [-0.15, -0.1) is 0 Å². The zero-order chi connectivity index (χ0) is 17.1. The van der Waals surface area contributed by atoms with E-state index in [1.807, 2.05) is 12.1 Å². The van der Waals surface area contributed by atoms with Gasteiger partial charge < -0.3 is 19.9 Å². The number of rotatable bonds is 3. The maximum absolute atomic E-state index is 5.52. The average molecular weight is 339 g/mol. The topological polar surface area (TPSA) is 53.5 Å². The molecule has 0 atom stereocenters. The number of piperazine rings is 1. The Morgan fingerprint density at radius 3 is 2.56 bits per heavy atom. The largest absolute Gasteiger partial charge is 0.495 e. The van der Waals surface area contributed by atoms with Gasteiger partial charge in [0.15, 0.2) is 0 Å².